The van der Waals surface area contributed by atoms with Gasteiger partial charge in [0.1, 0.15) is 10.8 Å². The number of thioether (sulfide) groups is 2. The average molecular weight is 392 g/mol. The largest absolute Gasteiger partial charge is 0.481 e. The maximum absolute atomic E-state index is 14.8. The second-order valence-electron chi connectivity index (χ2n) is 6.68. The molecule has 1 aromatic carbocycles. The fraction of sp³-hybridized carbons (Fsp3) is 0.400. The van der Waals surface area contributed by atoms with Crippen molar-refractivity contribution in [3.63, 3.8) is 0 Å². The molecule has 0 radical (unpaired) electrons. The molecule has 0 saturated carbocycles. The van der Waals surface area contributed by atoms with Crippen molar-refractivity contribution < 1.29 is 14.3 Å². The first kappa shape index (κ1) is 19.2. The van der Waals surface area contributed by atoms with E-state index in [0.717, 1.165) is 34.6 Å². The number of carboxylic acids is 1. The standard InChI is InChI=1S/C20H22FNO2S2/c1-12(2)25-20-16(4-3-9-22-20)14-10-13-5-6-15(7-8-18(23)24)26-19(13)17(21)11-14/h3-4,9-12,15H,5-8H2,1-2H3,(H,23,24). The first-order valence-corrected chi connectivity index (χ1v) is 10.5. The minimum Gasteiger partial charge on any atom is -0.481 e. The van der Waals surface area contributed by atoms with Crippen molar-refractivity contribution in [2.24, 2.45) is 0 Å². The second-order valence-corrected chi connectivity index (χ2v) is 9.56. The molecule has 1 aliphatic rings. The molecule has 6 heteroatoms. The zero-order chi connectivity index (χ0) is 18.7. The Morgan fingerprint density at radius 1 is 1.46 bits per heavy atom. The fourth-order valence-electron chi connectivity index (χ4n) is 3.08. The summed E-state index contributed by atoms with van der Waals surface area (Å²) in [4.78, 5) is 15.9. The molecule has 0 aliphatic carbocycles. The van der Waals surface area contributed by atoms with Crippen LogP contribution in [0.3, 0.4) is 0 Å². The van der Waals surface area contributed by atoms with Gasteiger partial charge in [-0.2, -0.15) is 0 Å². The fourth-order valence-corrected chi connectivity index (χ4v) is 5.25. The Kier molecular flexibility index (Phi) is 6.24. The summed E-state index contributed by atoms with van der Waals surface area (Å²) in [5.74, 6) is -1.01. The van der Waals surface area contributed by atoms with Gasteiger partial charge in [-0.25, -0.2) is 9.37 Å². The third-order valence-corrected chi connectivity index (χ3v) is 6.77. The average Bonchev–Trinajstić information content (AvgIpc) is 2.60. The number of aromatic nitrogens is 1. The number of nitrogens with zero attached hydrogens (tertiary/aromatic N) is 1. The van der Waals surface area contributed by atoms with Crippen LogP contribution in [0.1, 0.15) is 38.7 Å². The molecule has 1 atom stereocenters. The van der Waals surface area contributed by atoms with Crippen molar-refractivity contribution in [3.8, 4) is 11.1 Å². The minimum atomic E-state index is -0.793. The zero-order valence-electron chi connectivity index (χ0n) is 14.9. The molecule has 1 aromatic heterocycles. The first-order valence-electron chi connectivity index (χ1n) is 8.77. The predicted octanol–water partition coefficient (Wildman–Crippen LogP) is 5.66. The maximum Gasteiger partial charge on any atom is 0.303 e. The van der Waals surface area contributed by atoms with Gasteiger partial charge in [-0.1, -0.05) is 19.9 Å². The highest BCUT2D eigenvalue weighted by molar-refractivity contribution is 8.00. The van der Waals surface area contributed by atoms with E-state index in [1.165, 1.54) is 11.8 Å². The van der Waals surface area contributed by atoms with E-state index in [1.807, 2.05) is 12.1 Å². The van der Waals surface area contributed by atoms with Crippen LogP contribution < -0.4 is 0 Å². The Morgan fingerprint density at radius 3 is 3.00 bits per heavy atom. The molecule has 2 aromatic rings. The van der Waals surface area contributed by atoms with Crippen LogP contribution in [0.5, 0.6) is 0 Å². The first-order chi connectivity index (χ1) is 12.4. The number of carbonyl (C=O) groups is 1. The van der Waals surface area contributed by atoms with E-state index < -0.39 is 5.97 Å². The Labute approximate surface area is 161 Å². The van der Waals surface area contributed by atoms with Crippen molar-refractivity contribution in [2.75, 3.05) is 0 Å². The van der Waals surface area contributed by atoms with Gasteiger partial charge in [0.15, 0.2) is 0 Å². The van der Waals surface area contributed by atoms with Crippen LogP contribution in [0.15, 0.2) is 40.4 Å². The molecule has 1 N–H and O–H groups in total. The number of halogens is 1. The number of hydrogen-bond donors (Lipinski definition) is 1. The van der Waals surface area contributed by atoms with Crippen LogP contribution in [0.25, 0.3) is 11.1 Å². The smallest absolute Gasteiger partial charge is 0.303 e. The van der Waals surface area contributed by atoms with E-state index in [9.17, 15) is 9.18 Å². The van der Waals surface area contributed by atoms with Gasteiger partial charge in [0, 0.05) is 33.6 Å². The predicted molar refractivity (Wildman–Crippen MR) is 105 cm³/mol. The molecule has 3 nitrogen and oxygen atoms in total. The van der Waals surface area contributed by atoms with Crippen LogP contribution in [-0.4, -0.2) is 26.6 Å². The number of aliphatic carboxylic acids is 1. The number of aryl methyl sites for hydroxylation is 1. The van der Waals surface area contributed by atoms with Gasteiger partial charge in [-0.3, -0.25) is 4.79 Å². The van der Waals surface area contributed by atoms with Crippen LogP contribution in [0.4, 0.5) is 4.39 Å². The van der Waals surface area contributed by atoms with Crippen molar-refractivity contribution in [1.82, 2.24) is 4.98 Å². The van der Waals surface area contributed by atoms with Gasteiger partial charge in [0.2, 0.25) is 0 Å². The van der Waals surface area contributed by atoms with Crippen LogP contribution in [0.2, 0.25) is 0 Å². The number of rotatable bonds is 6. The topological polar surface area (TPSA) is 50.2 Å². The second kappa shape index (κ2) is 8.44. The Bertz CT molecular complexity index is 810. The molecule has 138 valence electrons. The summed E-state index contributed by atoms with van der Waals surface area (Å²) in [6.45, 7) is 4.23. The minimum absolute atomic E-state index is 0.137. The molecule has 0 bridgehead atoms. The molecule has 0 fully saturated rings. The van der Waals surface area contributed by atoms with Gasteiger partial charge in [0.25, 0.3) is 0 Å². The summed E-state index contributed by atoms with van der Waals surface area (Å²) in [5.41, 5.74) is 2.84. The highest BCUT2D eigenvalue weighted by Gasteiger charge is 2.24. The van der Waals surface area contributed by atoms with Crippen molar-refractivity contribution in [2.45, 2.75) is 60.0 Å². The SMILES string of the molecule is CC(C)Sc1ncccc1-c1cc(F)c2c(c1)CCC(CCC(=O)O)S2. The Morgan fingerprint density at radius 2 is 2.27 bits per heavy atom. The van der Waals surface area contributed by atoms with E-state index in [1.54, 1.807) is 24.0 Å². The van der Waals surface area contributed by atoms with Gasteiger partial charge >= 0.3 is 5.97 Å². The number of hydrogen-bond acceptors (Lipinski definition) is 4. The van der Waals surface area contributed by atoms with Gasteiger partial charge in [0.05, 0.1) is 0 Å². The van der Waals surface area contributed by atoms with Gasteiger partial charge in [-0.15, -0.1) is 23.5 Å². The highest BCUT2D eigenvalue weighted by atomic mass is 32.2. The monoisotopic (exact) mass is 391 g/mol. The highest BCUT2D eigenvalue weighted by Crippen LogP contribution is 2.42. The normalized spacial score (nSPS) is 16.5. The van der Waals surface area contributed by atoms with Crippen LogP contribution in [0, 0.1) is 5.82 Å². The molecular weight excluding hydrogens is 369 g/mol. The molecule has 0 saturated heterocycles. The molecule has 3 rings (SSSR count). The molecular formula is C20H22FNO2S2. The van der Waals surface area contributed by atoms with Crippen molar-refractivity contribution in [3.05, 3.63) is 41.8 Å². The summed E-state index contributed by atoms with van der Waals surface area (Å²) in [5, 5.41) is 10.3. The third-order valence-electron chi connectivity index (χ3n) is 4.25. The van der Waals surface area contributed by atoms with E-state index in [4.69, 9.17) is 5.11 Å². The van der Waals surface area contributed by atoms with Crippen LogP contribution in [-0.2, 0) is 11.2 Å². The lowest BCUT2D eigenvalue weighted by Gasteiger charge is -2.25. The quantitative estimate of drug-likeness (QED) is 0.644. The van der Waals surface area contributed by atoms with Gasteiger partial charge in [-0.05, 0) is 48.6 Å². The van der Waals surface area contributed by atoms with E-state index in [-0.39, 0.29) is 17.5 Å². The molecule has 1 unspecified atom stereocenters. The van der Waals surface area contributed by atoms with E-state index >= 15 is 0 Å². The van der Waals surface area contributed by atoms with E-state index in [0.29, 0.717) is 16.6 Å². The summed E-state index contributed by atoms with van der Waals surface area (Å²) < 4.78 is 14.8. The molecule has 26 heavy (non-hydrogen) atoms. The summed E-state index contributed by atoms with van der Waals surface area (Å²) >= 11 is 3.16. The maximum atomic E-state index is 14.8. The Hall–Kier alpha value is -1.53. The molecule has 0 spiro atoms. The number of fused-ring (bicyclic) bond motifs is 1. The molecule has 2 heterocycles. The van der Waals surface area contributed by atoms with Gasteiger partial charge < -0.3 is 5.11 Å². The lowest BCUT2D eigenvalue weighted by atomic mass is 9.99. The van der Waals surface area contributed by atoms with Crippen molar-refractivity contribution in [1.29, 1.82) is 0 Å². The summed E-state index contributed by atoms with van der Waals surface area (Å²) in [6, 6.07) is 7.53. The summed E-state index contributed by atoms with van der Waals surface area (Å²) in [6.07, 6.45) is 4.15. The number of benzene rings is 1. The van der Waals surface area contributed by atoms with Crippen LogP contribution >= 0.6 is 23.5 Å². The van der Waals surface area contributed by atoms with Crippen molar-refractivity contribution >= 4 is 29.5 Å². The lowest BCUT2D eigenvalue weighted by Crippen LogP contribution is -2.14. The summed E-state index contributed by atoms with van der Waals surface area (Å²) in [7, 11) is 0. The zero-order valence-corrected chi connectivity index (χ0v) is 16.5. The Balaban J connectivity index is 1.88. The third kappa shape index (κ3) is 4.60. The van der Waals surface area contributed by atoms with E-state index in [2.05, 4.69) is 24.9 Å². The molecule has 0 amide bonds. The molecule has 1 aliphatic heterocycles. The number of carboxylic acid groups (broad SMARTS) is 1. The number of pyridine rings is 1. The lowest BCUT2D eigenvalue weighted by molar-refractivity contribution is -0.137.